The highest BCUT2D eigenvalue weighted by Crippen LogP contribution is 2.29. The molecule has 0 saturated carbocycles. The maximum absolute atomic E-state index is 8.91. The van der Waals surface area contributed by atoms with Crippen LogP contribution in [-0.2, 0) is 4.74 Å². The van der Waals surface area contributed by atoms with Gasteiger partial charge in [-0.2, -0.15) is 0 Å². The van der Waals surface area contributed by atoms with E-state index in [4.69, 9.17) is 27.0 Å². The number of aliphatic hydroxyl groups is 1. The highest BCUT2D eigenvalue weighted by atomic mass is 16.5. The number of hydrogen-bond acceptors (Lipinski definition) is 5. The lowest BCUT2D eigenvalue weighted by Crippen LogP contribution is -2.36. The maximum atomic E-state index is 8.91. The van der Waals surface area contributed by atoms with Gasteiger partial charge in [0.2, 0.25) is 0 Å². The van der Waals surface area contributed by atoms with Crippen molar-refractivity contribution < 1.29 is 9.84 Å². The predicted molar refractivity (Wildman–Crippen MR) is 65.8 cm³/mol. The molecule has 0 aromatic heterocycles. The summed E-state index contributed by atoms with van der Waals surface area (Å²) in [5.41, 5.74) is 16.3. The fourth-order valence-electron chi connectivity index (χ4n) is 2.02. The molecule has 0 saturated heterocycles. The third-order valence-corrected chi connectivity index (χ3v) is 2.85. The number of hydrogen-bond donors (Lipinski definition) is 4. The number of aliphatic hydroxyl groups excluding tert-OH is 1. The van der Waals surface area contributed by atoms with E-state index in [1.54, 1.807) is 0 Å². The smallest absolute Gasteiger partial charge is 0.0947 e. The number of nitrogens with two attached hydrogens (primary N) is 3. The Morgan fingerprint density at radius 3 is 1.75 bits per heavy atom. The van der Waals surface area contributed by atoms with Crippen molar-refractivity contribution >= 4 is 0 Å². The van der Waals surface area contributed by atoms with E-state index in [2.05, 4.69) is 0 Å². The minimum atomic E-state index is -0.240. The van der Waals surface area contributed by atoms with E-state index in [1.165, 1.54) is 0 Å². The van der Waals surface area contributed by atoms with E-state index < -0.39 is 0 Å². The molecule has 98 valence electrons. The molecule has 0 rings (SSSR count). The van der Waals surface area contributed by atoms with Gasteiger partial charge >= 0.3 is 0 Å². The van der Waals surface area contributed by atoms with E-state index >= 15 is 0 Å². The highest BCUT2D eigenvalue weighted by molar-refractivity contribution is 4.81. The van der Waals surface area contributed by atoms with Gasteiger partial charge in [0.1, 0.15) is 0 Å². The lowest BCUT2D eigenvalue weighted by atomic mass is 9.87. The van der Waals surface area contributed by atoms with Gasteiger partial charge in [0.05, 0.1) is 12.3 Å². The van der Waals surface area contributed by atoms with Gasteiger partial charge in [0.25, 0.3) is 0 Å². The molecular formula is C11H27N3O2. The van der Waals surface area contributed by atoms with Crippen molar-refractivity contribution in [2.75, 3.05) is 26.4 Å². The molecule has 16 heavy (non-hydrogen) atoms. The molecule has 0 unspecified atom stereocenters. The van der Waals surface area contributed by atoms with Gasteiger partial charge in [-0.25, -0.2) is 0 Å². The van der Waals surface area contributed by atoms with Crippen LogP contribution in [-0.4, -0.2) is 37.1 Å². The van der Waals surface area contributed by atoms with Crippen LogP contribution in [0.15, 0.2) is 0 Å². The molecular weight excluding hydrogens is 206 g/mol. The van der Waals surface area contributed by atoms with Crippen molar-refractivity contribution in [3.63, 3.8) is 0 Å². The van der Waals surface area contributed by atoms with Crippen LogP contribution in [0.25, 0.3) is 0 Å². The van der Waals surface area contributed by atoms with E-state index in [0.717, 1.165) is 38.5 Å². The first-order chi connectivity index (χ1) is 7.74. The molecule has 0 atom stereocenters. The predicted octanol–water partition coefficient (Wildman–Crippen LogP) is -0.0917. The fraction of sp³-hybridized carbons (Fsp3) is 1.00. The van der Waals surface area contributed by atoms with Gasteiger partial charge in [-0.3, -0.25) is 0 Å². The van der Waals surface area contributed by atoms with Crippen molar-refractivity contribution in [3.8, 4) is 0 Å². The molecule has 0 radical (unpaired) electrons. The highest BCUT2D eigenvalue weighted by Gasteiger charge is 2.28. The minimum absolute atomic E-state index is 0.181. The third-order valence-electron chi connectivity index (χ3n) is 2.85. The van der Waals surface area contributed by atoms with Crippen LogP contribution in [0.2, 0.25) is 0 Å². The lowest BCUT2D eigenvalue weighted by molar-refractivity contribution is -0.0656. The van der Waals surface area contributed by atoms with Crippen molar-refractivity contribution in [1.29, 1.82) is 0 Å². The van der Waals surface area contributed by atoms with Crippen LogP contribution in [0, 0.1) is 0 Å². The van der Waals surface area contributed by atoms with Crippen LogP contribution in [0.4, 0.5) is 0 Å². The van der Waals surface area contributed by atoms with Crippen molar-refractivity contribution in [1.82, 2.24) is 0 Å². The topological polar surface area (TPSA) is 108 Å². The Morgan fingerprint density at radius 2 is 1.38 bits per heavy atom. The molecule has 0 spiro atoms. The molecule has 0 heterocycles. The summed E-state index contributed by atoms with van der Waals surface area (Å²) in [5.74, 6) is 0. The average molecular weight is 233 g/mol. The second-order valence-electron chi connectivity index (χ2n) is 4.11. The molecule has 0 amide bonds. The summed E-state index contributed by atoms with van der Waals surface area (Å²) in [4.78, 5) is 0. The summed E-state index contributed by atoms with van der Waals surface area (Å²) in [6, 6.07) is 0. The zero-order valence-electron chi connectivity index (χ0n) is 10.2. The molecule has 5 heteroatoms. The summed E-state index contributed by atoms with van der Waals surface area (Å²) in [7, 11) is 0. The molecule has 0 aromatic rings. The Balaban J connectivity index is 4.32. The quantitative estimate of drug-likeness (QED) is 0.373. The normalized spacial score (nSPS) is 12.0. The van der Waals surface area contributed by atoms with Gasteiger partial charge < -0.3 is 27.0 Å². The van der Waals surface area contributed by atoms with Crippen molar-refractivity contribution in [2.24, 2.45) is 17.2 Å². The first-order valence-corrected chi connectivity index (χ1v) is 6.09. The molecule has 0 aliphatic carbocycles. The molecule has 0 fully saturated rings. The summed E-state index contributed by atoms with van der Waals surface area (Å²) < 4.78 is 5.69. The molecule has 7 N–H and O–H groups in total. The molecule has 0 aliphatic heterocycles. The van der Waals surface area contributed by atoms with Gasteiger partial charge in [0.15, 0.2) is 0 Å². The second-order valence-corrected chi connectivity index (χ2v) is 4.11. The second kappa shape index (κ2) is 9.99. The summed E-state index contributed by atoms with van der Waals surface area (Å²) >= 11 is 0. The molecule has 5 nitrogen and oxygen atoms in total. The van der Waals surface area contributed by atoms with Crippen molar-refractivity contribution in [2.45, 2.75) is 44.1 Å². The van der Waals surface area contributed by atoms with Crippen LogP contribution in [0.5, 0.6) is 0 Å². The first kappa shape index (κ1) is 15.8. The maximum Gasteiger partial charge on any atom is 0.0947 e. The molecule has 0 aromatic carbocycles. The first-order valence-electron chi connectivity index (χ1n) is 6.09. The zero-order chi connectivity index (χ0) is 12.3. The lowest BCUT2D eigenvalue weighted by Gasteiger charge is -2.33. The summed E-state index contributed by atoms with van der Waals surface area (Å²) in [6.07, 6.45) is 5.16. The van der Waals surface area contributed by atoms with Gasteiger partial charge in [-0.05, 0) is 51.6 Å². The molecule has 0 aliphatic rings. The minimum Gasteiger partial charge on any atom is -0.396 e. The Bertz CT molecular complexity index is 134. The van der Waals surface area contributed by atoms with E-state index in [1.807, 2.05) is 0 Å². The largest absolute Gasteiger partial charge is 0.396 e. The van der Waals surface area contributed by atoms with Gasteiger partial charge in [0, 0.05) is 6.61 Å². The Morgan fingerprint density at radius 1 is 0.875 bits per heavy atom. The summed E-state index contributed by atoms with van der Waals surface area (Å²) in [6.45, 7) is 1.69. The average Bonchev–Trinajstić information content (AvgIpc) is 2.31. The Kier molecular flexibility index (Phi) is 9.86. The monoisotopic (exact) mass is 233 g/mol. The Hall–Kier alpha value is -0.200. The molecule has 0 bridgehead atoms. The standard InChI is InChI=1S/C11H27N3O2/c12-7-1-4-11(16-10-14,5-2-8-13)6-3-9-15/h15H,1-10,12-14H2. The van der Waals surface area contributed by atoms with Crippen LogP contribution >= 0.6 is 0 Å². The number of rotatable bonds is 11. The van der Waals surface area contributed by atoms with Crippen LogP contribution in [0.3, 0.4) is 0 Å². The third kappa shape index (κ3) is 6.40. The van der Waals surface area contributed by atoms with Crippen molar-refractivity contribution in [3.05, 3.63) is 0 Å². The number of ether oxygens (including phenoxy) is 1. The summed E-state index contributed by atoms with van der Waals surface area (Å²) in [5, 5.41) is 8.91. The Labute approximate surface area is 98.3 Å². The van der Waals surface area contributed by atoms with Crippen LogP contribution in [0.1, 0.15) is 38.5 Å². The SMILES string of the molecule is NCCCC(CCCN)(CCCO)OCN. The van der Waals surface area contributed by atoms with Gasteiger partial charge in [-0.15, -0.1) is 0 Å². The van der Waals surface area contributed by atoms with Crippen LogP contribution < -0.4 is 17.2 Å². The zero-order valence-corrected chi connectivity index (χ0v) is 10.2. The van der Waals surface area contributed by atoms with E-state index in [0.29, 0.717) is 13.1 Å². The van der Waals surface area contributed by atoms with E-state index in [-0.39, 0.29) is 18.9 Å². The van der Waals surface area contributed by atoms with E-state index in [9.17, 15) is 0 Å². The fourth-order valence-corrected chi connectivity index (χ4v) is 2.02. The van der Waals surface area contributed by atoms with Gasteiger partial charge in [-0.1, -0.05) is 0 Å².